The van der Waals surface area contributed by atoms with E-state index < -0.39 is 5.97 Å². The van der Waals surface area contributed by atoms with Gasteiger partial charge in [0.05, 0.1) is 6.42 Å². The number of rotatable bonds is 2. The summed E-state index contributed by atoms with van der Waals surface area (Å²) in [6.45, 7) is 7.60. The first-order chi connectivity index (χ1) is 6.39. The molecule has 3 atom stereocenters. The molecule has 3 rings (SSSR count). The number of fused-ring (bicyclic) bond motifs is 2. The van der Waals surface area contributed by atoms with E-state index in [9.17, 15) is 4.79 Å². The van der Waals surface area contributed by atoms with Crippen molar-refractivity contribution >= 4 is 5.97 Å². The molecule has 14 heavy (non-hydrogen) atoms. The van der Waals surface area contributed by atoms with Crippen LogP contribution in [0.25, 0.3) is 0 Å². The predicted molar refractivity (Wildman–Crippen MR) is 54.2 cm³/mol. The lowest BCUT2D eigenvalue weighted by atomic mass is 9.54. The number of hydrogen-bond donors (Lipinski definition) is 1. The van der Waals surface area contributed by atoms with Gasteiger partial charge in [0.1, 0.15) is 0 Å². The number of carbonyl (C=O) groups is 1. The highest BCUT2D eigenvalue weighted by atomic mass is 16.4. The van der Waals surface area contributed by atoms with Gasteiger partial charge >= 0.3 is 5.97 Å². The van der Waals surface area contributed by atoms with Crippen molar-refractivity contribution in [1.29, 1.82) is 0 Å². The van der Waals surface area contributed by atoms with Crippen LogP contribution in [0, 0.1) is 5.41 Å². The van der Waals surface area contributed by atoms with E-state index in [1.165, 1.54) is 0 Å². The van der Waals surface area contributed by atoms with Crippen LogP contribution in [0.3, 0.4) is 0 Å². The van der Waals surface area contributed by atoms with Crippen molar-refractivity contribution in [3.63, 3.8) is 0 Å². The van der Waals surface area contributed by atoms with Crippen molar-refractivity contribution in [3.8, 4) is 0 Å². The van der Waals surface area contributed by atoms with Gasteiger partial charge < -0.3 is 5.11 Å². The molecule has 0 aliphatic carbocycles. The highest BCUT2D eigenvalue weighted by Gasteiger charge is 2.62. The minimum Gasteiger partial charge on any atom is -0.481 e. The van der Waals surface area contributed by atoms with Gasteiger partial charge in [-0.15, -0.1) is 0 Å². The Morgan fingerprint density at radius 1 is 1.57 bits per heavy atom. The minimum atomic E-state index is -0.646. The first-order valence-electron chi connectivity index (χ1n) is 5.38. The minimum absolute atomic E-state index is 0.0470. The van der Waals surface area contributed by atoms with Crippen LogP contribution in [0.4, 0.5) is 0 Å². The largest absolute Gasteiger partial charge is 0.481 e. The first kappa shape index (κ1) is 9.97. The van der Waals surface area contributed by atoms with Gasteiger partial charge in [-0.05, 0) is 33.6 Å². The summed E-state index contributed by atoms with van der Waals surface area (Å²) >= 11 is 0. The summed E-state index contributed by atoms with van der Waals surface area (Å²) in [6, 6.07) is 0.626. The number of nitrogens with zero attached hydrogens (tertiary/aromatic N) is 1. The quantitative estimate of drug-likeness (QED) is 0.732. The summed E-state index contributed by atoms with van der Waals surface area (Å²) in [5, 5.41) is 8.94. The molecule has 0 spiro atoms. The molecular weight excluding hydrogens is 178 g/mol. The number of carboxylic acid groups (broad SMARTS) is 1. The molecule has 2 bridgehead atoms. The van der Waals surface area contributed by atoms with E-state index in [4.69, 9.17) is 5.11 Å². The molecule has 0 saturated carbocycles. The smallest absolute Gasteiger partial charge is 0.304 e. The average molecular weight is 197 g/mol. The van der Waals surface area contributed by atoms with E-state index in [1.54, 1.807) is 0 Å². The second-order valence-electron chi connectivity index (χ2n) is 5.43. The molecule has 0 aromatic carbocycles. The van der Waals surface area contributed by atoms with Gasteiger partial charge in [0.25, 0.3) is 0 Å². The molecule has 80 valence electrons. The molecule has 3 saturated heterocycles. The van der Waals surface area contributed by atoms with E-state index in [0.717, 1.165) is 19.4 Å². The zero-order valence-corrected chi connectivity index (χ0v) is 9.21. The lowest BCUT2D eigenvalue weighted by Gasteiger charge is -2.69. The van der Waals surface area contributed by atoms with Crippen molar-refractivity contribution < 1.29 is 9.90 Å². The predicted octanol–water partition coefficient (Wildman–Crippen LogP) is 1.72. The fourth-order valence-corrected chi connectivity index (χ4v) is 3.31. The lowest BCUT2D eigenvalue weighted by molar-refractivity contribution is -0.207. The van der Waals surface area contributed by atoms with Crippen LogP contribution in [0.2, 0.25) is 0 Å². The van der Waals surface area contributed by atoms with Crippen LogP contribution in [0.1, 0.15) is 40.0 Å². The fourth-order valence-electron chi connectivity index (χ4n) is 3.31. The molecule has 3 fully saturated rings. The number of piperidine rings is 2. The zero-order chi connectivity index (χ0) is 10.6. The van der Waals surface area contributed by atoms with Gasteiger partial charge in [0.2, 0.25) is 0 Å². The van der Waals surface area contributed by atoms with Crippen molar-refractivity contribution in [2.45, 2.75) is 51.6 Å². The Morgan fingerprint density at radius 2 is 2.21 bits per heavy atom. The average Bonchev–Trinajstić information content (AvgIpc) is 2.06. The molecular formula is C11H19NO2. The second-order valence-corrected chi connectivity index (χ2v) is 5.43. The van der Waals surface area contributed by atoms with Crippen molar-refractivity contribution in [3.05, 3.63) is 0 Å². The van der Waals surface area contributed by atoms with Crippen molar-refractivity contribution in [2.24, 2.45) is 5.41 Å². The third kappa shape index (κ3) is 1.05. The van der Waals surface area contributed by atoms with Crippen LogP contribution < -0.4 is 0 Å². The second kappa shape index (κ2) is 2.72. The van der Waals surface area contributed by atoms with Crippen LogP contribution in [-0.4, -0.2) is 34.1 Å². The summed E-state index contributed by atoms with van der Waals surface area (Å²) in [7, 11) is 0. The molecule has 3 aliphatic rings. The summed E-state index contributed by atoms with van der Waals surface area (Å²) in [4.78, 5) is 13.3. The van der Waals surface area contributed by atoms with Crippen LogP contribution in [0.5, 0.6) is 0 Å². The third-order valence-corrected chi connectivity index (χ3v) is 4.55. The molecule has 0 radical (unpaired) electrons. The summed E-state index contributed by atoms with van der Waals surface area (Å²) in [5.74, 6) is -0.646. The van der Waals surface area contributed by atoms with E-state index >= 15 is 0 Å². The SMILES string of the molecule is CC1CCC2(CC(=O)O)CN1C2(C)C. The molecule has 0 aromatic rings. The van der Waals surface area contributed by atoms with Gasteiger partial charge in [-0.2, -0.15) is 0 Å². The number of hydrogen-bond acceptors (Lipinski definition) is 2. The highest BCUT2D eigenvalue weighted by Crippen LogP contribution is 2.57. The van der Waals surface area contributed by atoms with Gasteiger partial charge in [-0.1, -0.05) is 0 Å². The number of aliphatic carboxylic acids is 1. The Labute approximate surface area is 85.1 Å². The van der Waals surface area contributed by atoms with Gasteiger partial charge in [0.15, 0.2) is 0 Å². The van der Waals surface area contributed by atoms with Gasteiger partial charge in [-0.3, -0.25) is 9.69 Å². The maximum Gasteiger partial charge on any atom is 0.304 e. The maximum absolute atomic E-state index is 10.8. The van der Waals surface area contributed by atoms with Gasteiger partial charge in [-0.25, -0.2) is 0 Å². The van der Waals surface area contributed by atoms with Crippen molar-refractivity contribution in [1.82, 2.24) is 4.90 Å². The molecule has 1 N–H and O–H groups in total. The number of carboxylic acids is 1. The molecule has 0 aromatic heterocycles. The van der Waals surface area contributed by atoms with Crippen LogP contribution >= 0.6 is 0 Å². The van der Waals surface area contributed by atoms with Crippen molar-refractivity contribution in [2.75, 3.05) is 6.54 Å². The molecule has 3 heterocycles. The standard InChI is InChI=1S/C11H19NO2/c1-8-4-5-11(6-9(13)14)7-12(8)10(11,2)3/h8H,4-7H2,1-3H3,(H,13,14). The van der Waals surface area contributed by atoms with E-state index in [1.807, 2.05) is 0 Å². The maximum atomic E-state index is 10.8. The Bertz CT molecular complexity index is 270. The molecule has 3 heteroatoms. The fraction of sp³-hybridized carbons (Fsp3) is 0.909. The molecule has 3 unspecified atom stereocenters. The van der Waals surface area contributed by atoms with E-state index in [-0.39, 0.29) is 11.0 Å². The highest BCUT2D eigenvalue weighted by molar-refractivity contribution is 5.68. The monoisotopic (exact) mass is 197 g/mol. The lowest BCUT2D eigenvalue weighted by Crippen LogP contribution is -2.76. The van der Waals surface area contributed by atoms with E-state index in [2.05, 4.69) is 25.7 Å². The topological polar surface area (TPSA) is 40.5 Å². The third-order valence-electron chi connectivity index (χ3n) is 4.55. The molecule has 3 nitrogen and oxygen atoms in total. The Balaban J connectivity index is 2.19. The molecule has 3 aliphatic heterocycles. The molecule has 0 amide bonds. The zero-order valence-electron chi connectivity index (χ0n) is 9.21. The van der Waals surface area contributed by atoms with Gasteiger partial charge in [0, 0.05) is 23.5 Å². The Kier molecular flexibility index (Phi) is 1.94. The first-order valence-corrected chi connectivity index (χ1v) is 5.38. The Hall–Kier alpha value is -0.570. The summed E-state index contributed by atoms with van der Waals surface area (Å²) in [5.41, 5.74) is 0.133. The normalized spacial score (nSPS) is 44.2. The summed E-state index contributed by atoms with van der Waals surface area (Å²) < 4.78 is 0. The Morgan fingerprint density at radius 3 is 2.64 bits per heavy atom. The summed E-state index contributed by atoms with van der Waals surface area (Å²) in [6.07, 6.45) is 2.56. The van der Waals surface area contributed by atoms with Crippen LogP contribution in [-0.2, 0) is 4.79 Å². The van der Waals surface area contributed by atoms with E-state index in [0.29, 0.717) is 12.5 Å². The van der Waals surface area contributed by atoms with Crippen LogP contribution in [0.15, 0.2) is 0 Å².